The second-order valence-corrected chi connectivity index (χ2v) is 8.42. The Bertz CT molecular complexity index is 697. The number of fused-ring (bicyclic) bond motifs is 1. The summed E-state index contributed by atoms with van der Waals surface area (Å²) >= 11 is 1.56. The average molecular weight is 375 g/mol. The summed E-state index contributed by atoms with van der Waals surface area (Å²) in [6.45, 7) is 6.74. The molecule has 7 heteroatoms. The van der Waals surface area contributed by atoms with Gasteiger partial charge in [-0.1, -0.05) is 18.7 Å². The minimum absolute atomic E-state index is 0.0132. The van der Waals surface area contributed by atoms with Crippen LogP contribution >= 0.6 is 11.8 Å². The van der Waals surface area contributed by atoms with Crippen LogP contribution in [0, 0.1) is 5.92 Å². The zero-order valence-electron chi connectivity index (χ0n) is 15.1. The Morgan fingerprint density at radius 2 is 1.92 bits per heavy atom. The second kappa shape index (κ2) is 7.58. The van der Waals surface area contributed by atoms with E-state index in [0.29, 0.717) is 24.7 Å². The number of piperidine rings is 1. The fourth-order valence-corrected chi connectivity index (χ4v) is 4.83. The number of hydrogen-bond acceptors (Lipinski definition) is 5. The summed E-state index contributed by atoms with van der Waals surface area (Å²) in [5, 5.41) is 2.77. The van der Waals surface area contributed by atoms with Gasteiger partial charge >= 0.3 is 0 Å². The topological polar surface area (TPSA) is 61.9 Å². The Hall–Kier alpha value is -1.57. The Morgan fingerprint density at radius 3 is 2.65 bits per heavy atom. The molecular weight excluding hydrogens is 350 g/mol. The number of thioether (sulfide) groups is 1. The van der Waals surface area contributed by atoms with Crippen molar-refractivity contribution in [3.63, 3.8) is 0 Å². The van der Waals surface area contributed by atoms with Crippen LogP contribution in [0.1, 0.15) is 30.1 Å². The predicted molar refractivity (Wildman–Crippen MR) is 101 cm³/mol. The SMILES string of the molecule is CC1CCN(C(=O)c2ccc3c(c2)NC(=O)C(N2CCOCC2)S3)CC1. The average Bonchev–Trinajstić information content (AvgIpc) is 2.68. The highest BCUT2D eigenvalue weighted by Crippen LogP contribution is 2.38. The molecule has 0 aliphatic carbocycles. The van der Waals surface area contributed by atoms with Crippen LogP contribution in [-0.4, -0.2) is 66.4 Å². The molecule has 1 N–H and O–H groups in total. The lowest BCUT2D eigenvalue weighted by Crippen LogP contribution is -2.48. The van der Waals surface area contributed by atoms with Crippen molar-refractivity contribution in [1.29, 1.82) is 0 Å². The standard InChI is InChI=1S/C19H25N3O3S/c1-13-4-6-21(7-5-13)18(24)14-2-3-16-15(12-14)20-17(23)19(26-16)22-8-10-25-11-9-22/h2-3,12-13,19H,4-11H2,1H3,(H,20,23). The monoisotopic (exact) mass is 375 g/mol. The molecule has 1 atom stereocenters. The number of benzene rings is 1. The molecule has 0 bridgehead atoms. The van der Waals surface area contributed by atoms with Gasteiger partial charge in [0.2, 0.25) is 0 Å². The minimum Gasteiger partial charge on any atom is -0.379 e. The molecule has 0 saturated carbocycles. The first-order valence-electron chi connectivity index (χ1n) is 9.34. The van der Waals surface area contributed by atoms with E-state index in [0.717, 1.165) is 49.6 Å². The Kier molecular flexibility index (Phi) is 5.20. The molecule has 26 heavy (non-hydrogen) atoms. The number of carbonyl (C=O) groups excluding carboxylic acids is 2. The summed E-state index contributed by atoms with van der Waals surface area (Å²) < 4.78 is 5.38. The first-order valence-corrected chi connectivity index (χ1v) is 10.2. The third-order valence-corrected chi connectivity index (χ3v) is 6.74. The molecule has 0 spiro atoms. The van der Waals surface area contributed by atoms with Crippen molar-refractivity contribution in [3.05, 3.63) is 23.8 Å². The number of nitrogens with zero attached hydrogens (tertiary/aromatic N) is 2. The van der Waals surface area contributed by atoms with Crippen molar-refractivity contribution in [2.75, 3.05) is 44.7 Å². The van der Waals surface area contributed by atoms with Gasteiger partial charge in [-0.05, 0) is 37.0 Å². The van der Waals surface area contributed by atoms with E-state index >= 15 is 0 Å². The lowest BCUT2D eigenvalue weighted by Gasteiger charge is -2.36. The van der Waals surface area contributed by atoms with E-state index in [1.54, 1.807) is 11.8 Å². The van der Waals surface area contributed by atoms with Gasteiger partial charge in [-0.2, -0.15) is 0 Å². The first-order chi connectivity index (χ1) is 12.6. The van der Waals surface area contributed by atoms with Gasteiger partial charge in [0.05, 0.1) is 18.9 Å². The van der Waals surface area contributed by atoms with Crippen molar-refractivity contribution in [2.45, 2.75) is 30.0 Å². The normalized spacial score (nSPS) is 24.9. The molecule has 3 aliphatic heterocycles. The van der Waals surface area contributed by atoms with Crippen molar-refractivity contribution >= 4 is 29.3 Å². The van der Waals surface area contributed by atoms with Crippen LogP contribution in [0.4, 0.5) is 5.69 Å². The summed E-state index contributed by atoms with van der Waals surface area (Å²) in [4.78, 5) is 30.4. The third kappa shape index (κ3) is 3.61. The van der Waals surface area contributed by atoms with E-state index in [2.05, 4.69) is 17.1 Å². The van der Waals surface area contributed by atoms with Crippen LogP contribution in [0.25, 0.3) is 0 Å². The molecule has 4 rings (SSSR count). The van der Waals surface area contributed by atoms with Crippen LogP contribution in [0.2, 0.25) is 0 Å². The number of nitrogens with one attached hydrogen (secondary N) is 1. The van der Waals surface area contributed by atoms with Crippen LogP contribution < -0.4 is 5.32 Å². The molecule has 2 saturated heterocycles. The molecule has 2 fully saturated rings. The number of ether oxygens (including phenoxy) is 1. The quantitative estimate of drug-likeness (QED) is 0.859. The van der Waals surface area contributed by atoms with Gasteiger partial charge in [-0.3, -0.25) is 14.5 Å². The van der Waals surface area contributed by atoms with E-state index in [1.165, 1.54) is 0 Å². The van der Waals surface area contributed by atoms with Crippen LogP contribution in [0.15, 0.2) is 23.1 Å². The van der Waals surface area contributed by atoms with Gasteiger partial charge in [0, 0.05) is 36.6 Å². The summed E-state index contributed by atoms with van der Waals surface area (Å²) in [5.41, 5.74) is 1.41. The number of carbonyl (C=O) groups is 2. The van der Waals surface area contributed by atoms with E-state index in [1.807, 2.05) is 23.1 Å². The number of anilines is 1. The number of hydrogen-bond donors (Lipinski definition) is 1. The maximum atomic E-state index is 12.8. The van der Waals surface area contributed by atoms with Gasteiger partial charge in [-0.15, -0.1) is 0 Å². The molecule has 140 valence electrons. The maximum Gasteiger partial charge on any atom is 0.253 e. The van der Waals surface area contributed by atoms with E-state index < -0.39 is 0 Å². The van der Waals surface area contributed by atoms with Crippen molar-refractivity contribution in [1.82, 2.24) is 9.80 Å². The molecule has 3 aliphatic rings. The van der Waals surface area contributed by atoms with Crippen LogP contribution in [0.3, 0.4) is 0 Å². The lowest BCUT2D eigenvalue weighted by molar-refractivity contribution is -0.119. The van der Waals surface area contributed by atoms with Crippen molar-refractivity contribution in [3.8, 4) is 0 Å². The number of morpholine rings is 1. The van der Waals surface area contributed by atoms with Gasteiger partial charge in [-0.25, -0.2) is 0 Å². The Balaban J connectivity index is 1.48. The molecule has 1 aromatic rings. The van der Waals surface area contributed by atoms with Gasteiger partial charge in [0.25, 0.3) is 11.8 Å². The summed E-state index contributed by atoms with van der Waals surface area (Å²) in [6, 6.07) is 5.68. The summed E-state index contributed by atoms with van der Waals surface area (Å²) in [5.74, 6) is 0.741. The van der Waals surface area contributed by atoms with E-state index in [-0.39, 0.29) is 17.2 Å². The summed E-state index contributed by atoms with van der Waals surface area (Å²) in [7, 11) is 0. The smallest absolute Gasteiger partial charge is 0.253 e. The largest absolute Gasteiger partial charge is 0.379 e. The Morgan fingerprint density at radius 1 is 1.19 bits per heavy atom. The summed E-state index contributed by atoms with van der Waals surface area (Å²) in [6.07, 6.45) is 2.12. The molecule has 2 amide bonds. The highest BCUT2D eigenvalue weighted by atomic mass is 32.2. The molecule has 1 unspecified atom stereocenters. The minimum atomic E-state index is -0.225. The van der Waals surface area contributed by atoms with E-state index in [4.69, 9.17) is 4.74 Å². The zero-order chi connectivity index (χ0) is 18.1. The molecular formula is C19H25N3O3S. The fourth-order valence-electron chi connectivity index (χ4n) is 3.68. The highest BCUT2D eigenvalue weighted by Gasteiger charge is 2.33. The van der Waals surface area contributed by atoms with Gasteiger partial charge < -0.3 is 15.0 Å². The van der Waals surface area contributed by atoms with Gasteiger partial charge in [0.1, 0.15) is 5.37 Å². The van der Waals surface area contributed by atoms with Gasteiger partial charge in [0.15, 0.2) is 0 Å². The number of amides is 2. The lowest BCUT2D eigenvalue weighted by atomic mass is 9.98. The predicted octanol–water partition coefficient (Wildman–Crippen LogP) is 2.26. The second-order valence-electron chi connectivity index (χ2n) is 7.29. The highest BCUT2D eigenvalue weighted by molar-refractivity contribution is 8.00. The Labute approximate surface area is 158 Å². The molecule has 0 radical (unpaired) electrons. The van der Waals surface area contributed by atoms with E-state index in [9.17, 15) is 9.59 Å². The number of rotatable bonds is 2. The third-order valence-electron chi connectivity index (χ3n) is 5.40. The van der Waals surface area contributed by atoms with Crippen LogP contribution in [0.5, 0.6) is 0 Å². The van der Waals surface area contributed by atoms with Crippen molar-refractivity contribution in [2.24, 2.45) is 5.92 Å². The fraction of sp³-hybridized carbons (Fsp3) is 0.579. The molecule has 3 heterocycles. The molecule has 1 aromatic carbocycles. The first kappa shape index (κ1) is 17.8. The molecule has 6 nitrogen and oxygen atoms in total. The van der Waals surface area contributed by atoms with Crippen LogP contribution in [-0.2, 0) is 9.53 Å². The maximum absolute atomic E-state index is 12.8. The van der Waals surface area contributed by atoms with Crippen molar-refractivity contribution < 1.29 is 14.3 Å². The zero-order valence-corrected chi connectivity index (χ0v) is 15.9. The number of likely N-dealkylation sites (tertiary alicyclic amines) is 1. The molecule has 0 aromatic heterocycles.